The van der Waals surface area contributed by atoms with Crippen molar-refractivity contribution in [1.29, 1.82) is 0 Å². The van der Waals surface area contributed by atoms with E-state index in [0.717, 1.165) is 11.1 Å². The third-order valence-corrected chi connectivity index (χ3v) is 6.03. The molecule has 0 aliphatic heterocycles. The fraction of sp³-hybridized carbons (Fsp3) is 0.290. The third kappa shape index (κ3) is 8.00. The monoisotopic (exact) mass is 543 g/mol. The number of para-hydroxylation sites is 2. The number of aliphatic hydroxyl groups is 1. The number of amides is 1. The van der Waals surface area contributed by atoms with Gasteiger partial charge in [0.05, 0.1) is 6.42 Å². The molecule has 4 rings (SSSR count). The first-order valence-corrected chi connectivity index (χ1v) is 13.0. The number of benzene rings is 3. The van der Waals surface area contributed by atoms with Crippen LogP contribution in [0.1, 0.15) is 55.9 Å². The summed E-state index contributed by atoms with van der Waals surface area (Å²) in [5, 5.41) is 11.3. The summed E-state index contributed by atoms with van der Waals surface area (Å²) in [6.07, 6.45) is -1.67. The van der Waals surface area contributed by atoms with Crippen molar-refractivity contribution in [3.8, 4) is 0 Å². The second-order valence-corrected chi connectivity index (χ2v) is 10.5. The number of hydrogen-bond acceptors (Lipinski definition) is 7. The lowest BCUT2D eigenvalue weighted by molar-refractivity contribution is -0.147. The first-order chi connectivity index (χ1) is 19.1. The standard InChI is InChI=1S/C31H33N3O6/c1-31(2,3)40-30(37)34-28(32)22-15-13-20(14-16-22)17-23(18-26(35)38-19-21-9-5-4-6-10-21)27(36)29-33-24-11-7-8-12-25(24)39-29/h4-16,23,27,36H,17-19H2,1-3H3,(H2,32,34,37)/t23-,27?/m1/s1. The Morgan fingerprint density at radius 2 is 1.65 bits per heavy atom. The second kappa shape index (κ2) is 12.6. The highest BCUT2D eigenvalue weighted by Crippen LogP contribution is 2.30. The molecule has 0 aliphatic rings. The number of aromatic nitrogens is 1. The molecule has 9 nitrogen and oxygen atoms in total. The van der Waals surface area contributed by atoms with Gasteiger partial charge in [0, 0.05) is 11.5 Å². The van der Waals surface area contributed by atoms with Crippen LogP contribution in [0, 0.1) is 5.92 Å². The molecule has 3 aromatic carbocycles. The zero-order valence-electron chi connectivity index (χ0n) is 22.7. The van der Waals surface area contributed by atoms with E-state index in [9.17, 15) is 14.7 Å². The van der Waals surface area contributed by atoms with Gasteiger partial charge >= 0.3 is 12.1 Å². The number of nitrogens with two attached hydrogens (primary N) is 1. The summed E-state index contributed by atoms with van der Waals surface area (Å²) in [6.45, 7) is 5.37. The smallest absolute Gasteiger partial charge is 0.436 e. The molecule has 1 unspecified atom stereocenters. The molecule has 0 spiro atoms. The summed E-state index contributed by atoms with van der Waals surface area (Å²) in [4.78, 5) is 33.0. The van der Waals surface area contributed by atoms with Crippen molar-refractivity contribution >= 4 is 29.0 Å². The summed E-state index contributed by atoms with van der Waals surface area (Å²) in [5.41, 5.74) is 8.71. The van der Waals surface area contributed by atoms with Gasteiger partial charge in [-0.25, -0.2) is 9.78 Å². The van der Waals surface area contributed by atoms with Gasteiger partial charge in [-0.3, -0.25) is 4.79 Å². The van der Waals surface area contributed by atoms with Crippen molar-refractivity contribution in [3.63, 3.8) is 0 Å². The SMILES string of the molecule is CC(C)(C)OC(=O)/N=C(/N)c1ccc(C[C@H](CC(=O)OCc2ccccc2)C(O)c2nc3ccccc3o2)cc1. The molecule has 0 aliphatic carbocycles. The number of carbonyl (C=O) groups is 2. The summed E-state index contributed by atoms with van der Waals surface area (Å²) < 4.78 is 16.5. The highest BCUT2D eigenvalue weighted by atomic mass is 16.6. The van der Waals surface area contributed by atoms with Gasteiger partial charge in [0.15, 0.2) is 5.58 Å². The Morgan fingerprint density at radius 1 is 0.975 bits per heavy atom. The number of rotatable bonds is 9. The molecule has 0 saturated carbocycles. The van der Waals surface area contributed by atoms with Crippen molar-refractivity contribution < 1.29 is 28.6 Å². The lowest BCUT2D eigenvalue weighted by Crippen LogP contribution is -2.24. The van der Waals surface area contributed by atoms with Crippen LogP contribution in [0.3, 0.4) is 0 Å². The Labute approximate surface area is 232 Å². The Bertz CT molecular complexity index is 1440. The quantitative estimate of drug-likeness (QED) is 0.161. The number of carbonyl (C=O) groups excluding carboxylic acids is 2. The fourth-order valence-corrected chi connectivity index (χ4v) is 4.09. The summed E-state index contributed by atoms with van der Waals surface area (Å²) in [7, 11) is 0. The Morgan fingerprint density at radius 3 is 2.33 bits per heavy atom. The number of nitrogens with zero attached hydrogens (tertiary/aromatic N) is 2. The summed E-state index contributed by atoms with van der Waals surface area (Å²) in [6, 6.07) is 23.6. The average molecular weight is 544 g/mol. The lowest BCUT2D eigenvalue weighted by Gasteiger charge is -2.20. The van der Waals surface area contributed by atoms with E-state index in [1.54, 1.807) is 57.2 Å². The number of aliphatic hydroxyl groups excluding tert-OH is 1. The van der Waals surface area contributed by atoms with Crippen LogP contribution in [0.25, 0.3) is 11.1 Å². The minimum atomic E-state index is -1.16. The number of ether oxygens (including phenoxy) is 2. The normalized spacial score (nSPS) is 13.6. The fourth-order valence-electron chi connectivity index (χ4n) is 4.09. The minimum absolute atomic E-state index is 0.0216. The van der Waals surface area contributed by atoms with E-state index in [1.807, 2.05) is 42.5 Å². The first-order valence-electron chi connectivity index (χ1n) is 13.0. The number of fused-ring (bicyclic) bond motifs is 1. The maximum Gasteiger partial charge on any atom is 0.436 e. The van der Waals surface area contributed by atoms with Gasteiger partial charge in [0.25, 0.3) is 0 Å². The lowest BCUT2D eigenvalue weighted by atomic mass is 9.90. The molecule has 9 heteroatoms. The second-order valence-electron chi connectivity index (χ2n) is 10.5. The molecule has 40 heavy (non-hydrogen) atoms. The van der Waals surface area contributed by atoms with E-state index in [2.05, 4.69) is 9.98 Å². The third-order valence-electron chi connectivity index (χ3n) is 6.03. The molecule has 0 bridgehead atoms. The highest BCUT2D eigenvalue weighted by molar-refractivity contribution is 6.02. The van der Waals surface area contributed by atoms with E-state index in [1.165, 1.54) is 0 Å². The van der Waals surface area contributed by atoms with Crippen molar-refractivity contribution in [2.24, 2.45) is 16.6 Å². The van der Waals surface area contributed by atoms with Crippen LogP contribution in [0.5, 0.6) is 0 Å². The van der Waals surface area contributed by atoms with Crippen LogP contribution in [0.4, 0.5) is 4.79 Å². The van der Waals surface area contributed by atoms with Gasteiger partial charge in [-0.2, -0.15) is 4.99 Å². The van der Waals surface area contributed by atoms with Gasteiger partial charge in [0.2, 0.25) is 5.89 Å². The minimum Gasteiger partial charge on any atom is -0.461 e. The molecule has 1 amide bonds. The zero-order chi connectivity index (χ0) is 28.7. The first kappa shape index (κ1) is 28.5. The number of hydrogen-bond donors (Lipinski definition) is 2. The molecule has 0 fully saturated rings. The summed E-state index contributed by atoms with van der Waals surface area (Å²) in [5.74, 6) is -0.884. The molecule has 1 heterocycles. The molecule has 4 aromatic rings. The molecule has 0 saturated heterocycles. The molecule has 1 aromatic heterocycles. The van der Waals surface area contributed by atoms with Gasteiger partial charge in [-0.05, 0) is 50.5 Å². The molecular weight excluding hydrogens is 510 g/mol. The highest BCUT2D eigenvalue weighted by Gasteiger charge is 2.29. The van der Waals surface area contributed by atoms with Crippen LogP contribution in [0.15, 0.2) is 88.3 Å². The van der Waals surface area contributed by atoms with Crippen LogP contribution >= 0.6 is 0 Å². The predicted molar refractivity (Wildman–Crippen MR) is 150 cm³/mol. The van der Waals surface area contributed by atoms with Crippen LogP contribution in [-0.2, 0) is 27.3 Å². The van der Waals surface area contributed by atoms with E-state index >= 15 is 0 Å². The molecule has 208 valence electrons. The summed E-state index contributed by atoms with van der Waals surface area (Å²) >= 11 is 0. The molecular formula is C31H33N3O6. The Kier molecular flexibility index (Phi) is 8.96. The Balaban J connectivity index is 1.50. The largest absolute Gasteiger partial charge is 0.461 e. The number of aliphatic imine (C=N–C) groups is 1. The zero-order valence-corrected chi connectivity index (χ0v) is 22.7. The van der Waals surface area contributed by atoms with Crippen molar-refractivity contribution in [2.45, 2.75) is 51.9 Å². The molecule has 3 N–H and O–H groups in total. The van der Waals surface area contributed by atoms with Crippen LogP contribution in [0.2, 0.25) is 0 Å². The van der Waals surface area contributed by atoms with E-state index in [4.69, 9.17) is 19.6 Å². The van der Waals surface area contributed by atoms with E-state index in [-0.39, 0.29) is 24.8 Å². The van der Waals surface area contributed by atoms with E-state index in [0.29, 0.717) is 23.1 Å². The van der Waals surface area contributed by atoms with Crippen molar-refractivity contribution in [1.82, 2.24) is 4.98 Å². The molecule has 2 atom stereocenters. The Hall–Kier alpha value is -4.50. The van der Waals surface area contributed by atoms with Crippen LogP contribution < -0.4 is 5.73 Å². The number of esters is 1. The van der Waals surface area contributed by atoms with Crippen molar-refractivity contribution in [3.05, 3.63) is 101 Å². The van der Waals surface area contributed by atoms with Crippen LogP contribution in [-0.4, -0.2) is 33.6 Å². The molecule has 0 radical (unpaired) electrons. The maximum atomic E-state index is 12.8. The number of amidine groups is 1. The average Bonchev–Trinajstić information content (AvgIpc) is 3.35. The topological polar surface area (TPSA) is 137 Å². The van der Waals surface area contributed by atoms with E-state index < -0.39 is 29.7 Å². The van der Waals surface area contributed by atoms with Gasteiger partial charge in [-0.1, -0.05) is 66.7 Å². The van der Waals surface area contributed by atoms with Gasteiger partial charge in [0.1, 0.15) is 29.7 Å². The van der Waals surface area contributed by atoms with Crippen molar-refractivity contribution in [2.75, 3.05) is 0 Å². The predicted octanol–water partition coefficient (Wildman–Crippen LogP) is 5.49. The van der Waals surface area contributed by atoms with Gasteiger partial charge in [-0.15, -0.1) is 0 Å². The van der Waals surface area contributed by atoms with Gasteiger partial charge < -0.3 is 24.7 Å². The maximum absolute atomic E-state index is 12.8. The number of oxazole rings is 1.